The van der Waals surface area contributed by atoms with Gasteiger partial charge < -0.3 is 0 Å². The van der Waals surface area contributed by atoms with Gasteiger partial charge in [0, 0.05) is 10.0 Å². The summed E-state index contributed by atoms with van der Waals surface area (Å²) in [6.07, 6.45) is 0. The fourth-order valence-electron chi connectivity index (χ4n) is 1.62. The maximum Gasteiger partial charge on any atom is 0.262 e. The number of nitrogens with one attached hydrogen (secondary N) is 1. The molecule has 0 unspecified atom stereocenters. The minimum absolute atomic E-state index is 0.0465. The monoisotopic (exact) mass is 367 g/mol. The van der Waals surface area contributed by atoms with E-state index in [4.69, 9.17) is 34.8 Å². The summed E-state index contributed by atoms with van der Waals surface area (Å²) in [5.41, 5.74) is 0.341. The molecule has 0 saturated heterocycles. The van der Waals surface area contributed by atoms with E-state index in [1.54, 1.807) is 0 Å². The number of hydrogen-bond acceptors (Lipinski definition) is 2. The van der Waals surface area contributed by atoms with Gasteiger partial charge in [0.15, 0.2) is 0 Å². The van der Waals surface area contributed by atoms with Gasteiger partial charge in [-0.15, -0.1) is 0 Å². The molecule has 0 atom stereocenters. The smallest absolute Gasteiger partial charge is 0.262 e. The molecule has 3 nitrogen and oxygen atoms in total. The van der Waals surface area contributed by atoms with Crippen molar-refractivity contribution in [1.82, 2.24) is 0 Å². The molecule has 0 heterocycles. The molecule has 2 rings (SSSR count). The van der Waals surface area contributed by atoms with Gasteiger partial charge in [0.2, 0.25) is 0 Å². The molecule has 0 aliphatic heterocycles. The van der Waals surface area contributed by atoms with Crippen LogP contribution in [0.2, 0.25) is 15.1 Å². The van der Waals surface area contributed by atoms with Gasteiger partial charge in [-0.3, -0.25) is 4.72 Å². The van der Waals surface area contributed by atoms with Gasteiger partial charge in [-0.1, -0.05) is 34.8 Å². The number of rotatable bonds is 3. The summed E-state index contributed by atoms with van der Waals surface area (Å²) in [5, 5.41) is 0.323. The van der Waals surface area contributed by atoms with E-state index < -0.39 is 15.8 Å². The molecule has 0 saturated carbocycles. The molecule has 2 aromatic carbocycles. The third kappa shape index (κ3) is 3.80. The van der Waals surface area contributed by atoms with E-state index in [-0.39, 0.29) is 31.2 Å². The van der Waals surface area contributed by atoms with Crippen molar-refractivity contribution in [2.75, 3.05) is 4.72 Å². The van der Waals surface area contributed by atoms with Crippen molar-refractivity contribution in [3.8, 4) is 0 Å². The summed E-state index contributed by atoms with van der Waals surface area (Å²) in [5.74, 6) is -0.520. The molecule has 0 aliphatic carbocycles. The van der Waals surface area contributed by atoms with E-state index in [2.05, 4.69) is 4.72 Å². The zero-order valence-corrected chi connectivity index (χ0v) is 13.7. The molecular formula is C13H9Cl3FNO2S. The fraction of sp³-hybridized carbons (Fsp3) is 0.0769. The lowest BCUT2D eigenvalue weighted by atomic mass is 10.2. The second kappa shape index (κ2) is 6.01. The fourth-order valence-corrected chi connectivity index (χ4v) is 3.67. The van der Waals surface area contributed by atoms with Gasteiger partial charge in [0.05, 0.1) is 15.6 Å². The zero-order chi connectivity index (χ0) is 15.8. The van der Waals surface area contributed by atoms with Crippen LogP contribution >= 0.6 is 34.8 Å². The van der Waals surface area contributed by atoms with E-state index in [1.807, 2.05) is 0 Å². The Bertz CT molecular complexity index is 789. The van der Waals surface area contributed by atoms with Gasteiger partial charge in [-0.05, 0) is 42.8 Å². The maximum absolute atomic E-state index is 13.3. The summed E-state index contributed by atoms with van der Waals surface area (Å²) in [7, 11) is -3.94. The van der Waals surface area contributed by atoms with Crippen LogP contribution in [0.1, 0.15) is 5.56 Å². The summed E-state index contributed by atoms with van der Waals surface area (Å²) >= 11 is 17.4. The van der Waals surface area contributed by atoms with Gasteiger partial charge in [0.25, 0.3) is 10.0 Å². The molecule has 112 valence electrons. The molecule has 0 amide bonds. The Morgan fingerprint density at radius 2 is 1.57 bits per heavy atom. The first-order chi connectivity index (χ1) is 9.69. The Hall–Kier alpha value is -1.01. The number of benzene rings is 2. The molecule has 0 aromatic heterocycles. The standard InChI is InChI=1S/C13H9Cl3FNO2S/c1-7-2-13(11(16)6-12(7)17)18-21(19,20)10-4-8(14)3-9(15)5-10/h2-6,18H,1H3. The Kier molecular flexibility index (Phi) is 4.68. The predicted octanol–water partition coefficient (Wildman–Crippen LogP) is 4.90. The lowest BCUT2D eigenvalue weighted by Gasteiger charge is -2.11. The zero-order valence-electron chi connectivity index (χ0n) is 10.6. The van der Waals surface area contributed by atoms with Crippen molar-refractivity contribution in [1.29, 1.82) is 0 Å². The van der Waals surface area contributed by atoms with Crippen LogP contribution in [0, 0.1) is 12.7 Å². The van der Waals surface area contributed by atoms with Crippen LogP contribution in [0.3, 0.4) is 0 Å². The van der Waals surface area contributed by atoms with Crippen molar-refractivity contribution in [2.45, 2.75) is 11.8 Å². The van der Waals surface area contributed by atoms with Crippen molar-refractivity contribution in [3.63, 3.8) is 0 Å². The van der Waals surface area contributed by atoms with E-state index >= 15 is 0 Å². The largest absolute Gasteiger partial charge is 0.278 e. The van der Waals surface area contributed by atoms with Crippen LogP contribution in [0.15, 0.2) is 35.2 Å². The topological polar surface area (TPSA) is 46.2 Å². The van der Waals surface area contributed by atoms with E-state index in [0.717, 1.165) is 6.07 Å². The Morgan fingerprint density at radius 1 is 1.00 bits per heavy atom. The third-order valence-electron chi connectivity index (χ3n) is 2.64. The van der Waals surface area contributed by atoms with E-state index in [1.165, 1.54) is 31.2 Å². The maximum atomic E-state index is 13.3. The summed E-state index contributed by atoms with van der Waals surface area (Å²) in [6, 6.07) is 6.26. The number of hydrogen-bond donors (Lipinski definition) is 1. The van der Waals surface area contributed by atoms with Gasteiger partial charge >= 0.3 is 0 Å². The van der Waals surface area contributed by atoms with Crippen LogP contribution in [0.4, 0.5) is 10.1 Å². The highest BCUT2D eigenvalue weighted by atomic mass is 35.5. The third-order valence-corrected chi connectivity index (χ3v) is 4.73. The second-order valence-electron chi connectivity index (χ2n) is 4.29. The lowest BCUT2D eigenvalue weighted by Crippen LogP contribution is -2.13. The van der Waals surface area contributed by atoms with E-state index in [0.29, 0.717) is 0 Å². The molecule has 8 heteroatoms. The molecule has 0 aliphatic rings. The summed E-state index contributed by atoms with van der Waals surface area (Å²) in [4.78, 5) is -0.113. The molecule has 0 bridgehead atoms. The normalized spacial score (nSPS) is 11.5. The first-order valence-electron chi connectivity index (χ1n) is 5.63. The molecule has 0 fully saturated rings. The Balaban J connectivity index is 2.44. The van der Waals surface area contributed by atoms with Crippen molar-refractivity contribution in [3.05, 3.63) is 56.8 Å². The van der Waals surface area contributed by atoms with Gasteiger partial charge in [-0.2, -0.15) is 0 Å². The van der Waals surface area contributed by atoms with Gasteiger partial charge in [-0.25, -0.2) is 12.8 Å². The summed E-state index contributed by atoms with van der Waals surface area (Å²) < 4.78 is 40.2. The average molecular weight is 369 g/mol. The first-order valence-corrected chi connectivity index (χ1v) is 8.25. The molecule has 1 N–H and O–H groups in total. The van der Waals surface area contributed by atoms with Gasteiger partial charge in [0.1, 0.15) is 5.82 Å². The molecule has 2 aromatic rings. The van der Waals surface area contributed by atoms with Crippen LogP contribution < -0.4 is 4.72 Å². The second-order valence-corrected chi connectivity index (χ2v) is 7.25. The number of halogens is 4. The molecule has 0 spiro atoms. The Labute approximate surface area is 136 Å². The highest BCUT2D eigenvalue weighted by Gasteiger charge is 2.18. The van der Waals surface area contributed by atoms with E-state index in [9.17, 15) is 12.8 Å². The Morgan fingerprint density at radius 3 is 2.14 bits per heavy atom. The molecule has 21 heavy (non-hydrogen) atoms. The van der Waals surface area contributed by atoms with Crippen molar-refractivity contribution >= 4 is 50.5 Å². The van der Waals surface area contributed by atoms with Crippen molar-refractivity contribution < 1.29 is 12.8 Å². The minimum atomic E-state index is -3.94. The van der Waals surface area contributed by atoms with Crippen LogP contribution in [-0.4, -0.2) is 8.42 Å². The van der Waals surface area contributed by atoms with Crippen LogP contribution in [-0.2, 0) is 10.0 Å². The predicted molar refractivity (Wildman–Crippen MR) is 83.4 cm³/mol. The lowest BCUT2D eigenvalue weighted by molar-refractivity contribution is 0.601. The number of anilines is 1. The summed E-state index contributed by atoms with van der Waals surface area (Å²) in [6.45, 7) is 1.50. The molecule has 0 radical (unpaired) electrons. The van der Waals surface area contributed by atoms with Crippen LogP contribution in [0.5, 0.6) is 0 Å². The quantitative estimate of drug-likeness (QED) is 0.838. The number of sulfonamides is 1. The van der Waals surface area contributed by atoms with Crippen LogP contribution in [0.25, 0.3) is 0 Å². The van der Waals surface area contributed by atoms with Crippen molar-refractivity contribution in [2.24, 2.45) is 0 Å². The average Bonchev–Trinajstić information content (AvgIpc) is 2.34. The highest BCUT2D eigenvalue weighted by molar-refractivity contribution is 7.92. The minimum Gasteiger partial charge on any atom is -0.278 e. The molecular weight excluding hydrogens is 360 g/mol. The SMILES string of the molecule is Cc1cc(NS(=O)(=O)c2cc(Cl)cc(Cl)c2)c(Cl)cc1F. The number of aryl methyl sites for hydroxylation is 1. The highest BCUT2D eigenvalue weighted by Crippen LogP contribution is 2.29. The first kappa shape index (κ1) is 16.4.